The lowest BCUT2D eigenvalue weighted by Crippen LogP contribution is -1.95. The first-order chi connectivity index (χ1) is 11.1. The van der Waals surface area contributed by atoms with Gasteiger partial charge in [-0.2, -0.15) is 0 Å². The first kappa shape index (κ1) is 15.4. The summed E-state index contributed by atoms with van der Waals surface area (Å²) in [6.07, 6.45) is 0.482. The fraction of sp³-hybridized carbons (Fsp3) is 0.143. The van der Waals surface area contributed by atoms with E-state index >= 15 is 0 Å². The Morgan fingerprint density at radius 3 is 1.74 bits per heavy atom. The molecule has 2 heteroatoms. The van der Waals surface area contributed by atoms with E-state index in [1.54, 1.807) is 12.1 Å². The molecule has 0 spiro atoms. The van der Waals surface area contributed by atoms with E-state index in [9.17, 15) is 8.78 Å². The quantitative estimate of drug-likeness (QED) is 0.543. The minimum absolute atomic E-state index is 0.301. The van der Waals surface area contributed by atoms with Crippen molar-refractivity contribution in [1.29, 1.82) is 0 Å². The highest BCUT2D eigenvalue weighted by Crippen LogP contribution is 2.29. The number of aryl methyl sites for hydroxylation is 2. The van der Waals surface area contributed by atoms with Crippen LogP contribution in [0.4, 0.5) is 8.78 Å². The van der Waals surface area contributed by atoms with Crippen LogP contribution in [0, 0.1) is 18.6 Å². The van der Waals surface area contributed by atoms with Crippen molar-refractivity contribution < 1.29 is 8.78 Å². The van der Waals surface area contributed by atoms with Crippen LogP contribution in [-0.4, -0.2) is 0 Å². The number of rotatable bonds is 3. The van der Waals surface area contributed by atoms with Gasteiger partial charge in [-0.05, 0) is 35.6 Å². The van der Waals surface area contributed by atoms with Crippen molar-refractivity contribution >= 4 is 0 Å². The molecule has 0 aromatic heterocycles. The Morgan fingerprint density at radius 2 is 1.17 bits per heavy atom. The summed E-state index contributed by atoms with van der Waals surface area (Å²) in [4.78, 5) is 0. The largest absolute Gasteiger partial charge is 0.203 e. The number of hydrogen-bond acceptors (Lipinski definition) is 0. The SMILES string of the molecule is CCc1ccc(-c2ccc(-c3ccc(C)cc3)cc2)c(F)c1F. The molecule has 0 fully saturated rings. The maximum atomic E-state index is 14.2. The highest BCUT2D eigenvalue weighted by molar-refractivity contribution is 5.71. The second-order valence-corrected chi connectivity index (χ2v) is 5.70. The number of benzene rings is 3. The van der Waals surface area contributed by atoms with Gasteiger partial charge in [0.25, 0.3) is 0 Å². The predicted octanol–water partition coefficient (Wildman–Crippen LogP) is 6.17. The topological polar surface area (TPSA) is 0 Å². The third-order valence-corrected chi connectivity index (χ3v) is 4.12. The van der Waals surface area contributed by atoms with Gasteiger partial charge in [-0.25, -0.2) is 8.78 Å². The lowest BCUT2D eigenvalue weighted by Gasteiger charge is -2.09. The van der Waals surface area contributed by atoms with E-state index in [0.717, 1.165) is 11.1 Å². The summed E-state index contributed by atoms with van der Waals surface area (Å²) in [5, 5.41) is 0. The van der Waals surface area contributed by atoms with Crippen LogP contribution in [0.25, 0.3) is 22.3 Å². The zero-order chi connectivity index (χ0) is 16.4. The van der Waals surface area contributed by atoms with E-state index in [2.05, 4.69) is 24.3 Å². The first-order valence-electron chi connectivity index (χ1n) is 7.74. The molecule has 0 aliphatic rings. The van der Waals surface area contributed by atoms with Crippen molar-refractivity contribution in [3.05, 3.63) is 83.4 Å². The summed E-state index contributed by atoms with van der Waals surface area (Å²) in [6.45, 7) is 3.86. The van der Waals surface area contributed by atoms with Crippen molar-refractivity contribution in [2.24, 2.45) is 0 Å². The Balaban J connectivity index is 1.97. The van der Waals surface area contributed by atoms with Crippen LogP contribution in [0.2, 0.25) is 0 Å². The number of hydrogen-bond donors (Lipinski definition) is 0. The Labute approximate surface area is 135 Å². The van der Waals surface area contributed by atoms with Gasteiger partial charge in [0.15, 0.2) is 11.6 Å². The zero-order valence-corrected chi connectivity index (χ0v) is 13.2. The molecule has 0 radical (unpaired) electrons. The normalized spacial score (nSPS) is 10.8. The molecule has 116 valence electrons. The van der Waals surface area contributed by atoms with E-state index < -0.39 is 11.6 Å². The fourth-order valence-corrected chi connectivity index (χ4v) is 2.67. The lowest BCUT2D eigenvalue weighted by molar-refractivity contribution is 0.502. The molecule has 0 aliphatic carbocycles. The maximum absolute atomic E-state index is 14.2. The van der Waals surface area contributed by atoms with Crippen LogP contribution in [0.15, 0.2) is 60.7 Å². The highest BCUT2D eigenvalue weighted by atomic mass is 19.2. The van der Waals surface area contributed by atoms with Crippen LogP contribution in [0.5, 0.6) is 0 Å². The molecular weight excluding hydrogens is 290 g/mol. The van der Waals surface area contributed by atoms with Crippen LogP contribution in [-0.2, 0) is 6.42 Å². The summed E-state index contributed by atoms with van der Waals surface area (Å²) < 4.78 is 28.2. The monoisotopic (exact) mass is 308 g/mol. The van der Waals surface area contributed by atoms with Crippen molar-refractivity contribution in [1.82, 2.24) is 0 Å². The van der Waals surface area contributed by atoms with Crippen LogP contribution in [0.3, 0.4) is 0 Å². The summed E-state index contributed by atoms with van der Waals surface area (Å²) >= 11 is 0. The standard InChI is InChI=1S/C21H18F2/c1-3-15-12-13-19(21(23)20(15)22)18-10-8-17(9-11-18)16-6-4-14(2)5-7-16/h4-13H,3H2,1-2H3. The molecule has 0 amide bonds. The van der Waals surface area contributed by atoms with E-state index in [1.807, 2.05) is 38.1 Å². The molecule has 23 heavy (non-hydrogen) atoms. The molecule has 3 aromatic rings. The van der Waals surface area contributed by atoms with Gasteiger partial charge in [-0.1, -0.05) is 73.2 Å². The average molecular weight is 308 g/mol. The molecule has 0 aliphatic heterocycles. The van der Waals surface area contributed by atoms with E-state index in [1.165, 1.54) is 5.56 Å². The molecule has 0 nitrogen and oxygen atoms in total. The molecule has 0 bridgehead atoms. The summed E-state index contributed by atoms with van der Waals surface area (Å²) in [7, 11) is 0. The third kappa shape index (κ3) is 3.02. The van der Waals surface area contributed by atoms with E-state index in [4.69, 9.17) is 0 Å². The van der Waals surface area contributed by atoms with Crippen LogP contribution < -0.4 is 0 Å². The van der Waals surface area contributed by atoms with Gasteiger partial charge in [0, 0.05) is 5.56 Å². The Hall–Kier alpha value is -2.48. The lowest BCUT2D eigenvalue weighted by atomic mass is 9.98. The van der Waals surface area contributed by atoms with Crippen molar-refractivity contribution in [3.63, 3.8) is 0 Å². The Kier molecular flexibility index (Phi) is 4.24. The van der Waals surface area contributed by atoms with Gasteiger partial charge in [-0.15, -0.1) is 0 Å². The molecule has 0 N–H and O–H groups in total. The van der Waals surface area contributed by atoms with Crippen LogP contribution in [0.1, 0.15) is 18.1 Å². The molecule has 0 unspecified atom stereocenters. The smallest absolute Gasteiger partial charge is 0.166 e. The average Bonchev–Trinajstić information content (AvgIpc) is 2.58. The van der Waals surface area contributed by atoms with Crippen molar-refractivity contribution in [3.8, 4) is 22.3 Å². The van der Waals surface area contributed by atoms with E-state index in [0.29, 0.717) is 23.1 Å². The maximum Gasteiger partial charge on any atom is 0.166 e. The second kappa shape index (κ2) is 6.33. The summed E-state index contributed by atoms with van der Waals surface area (Å²) in [5.74, 6) is -1.51. The predicted molar refractivity (Wildman–Crippen MR) is 91.3 cm³/mol. The van der Waals surface area contributed by atoms with Gasteiger partial charge in [0.1, 0.15) is 0 Å². The summed E-state index contributed by atoms with van der Waals surface area (Å²) in [6, 6.07) is 19.1. The zero-order valence-electron chi connectivity index (χ0n) is 13.2. The van der Waals surface area contributed by atoms with Crippen molar-refractivity contribution in [2.75, 3.05) is 0 Å². The van der Waals surface area contributed by atoms with Gasteiger partial charge < -0.3 is 0 Å². The molecule has 0 atom stereocenters. The number of halogens is 2. The second-order valence-electron chi connectivity index (χ2n) is 5.70. The minimum atomic E-state index is -0.771. The molecule has 0 heterocycles. The molecule has 0 saturated carbocycles. The fourth-order valence-electron chi connectivity index (χ4n) is 2.67. The summed E-state index contributed by atoms with van der Waals surface area (Å²) in [5.41, 5.74) is 4.76. The Bertz CT molecular complexity index is 816. The first-order valence-corrected chi connectivity index (χ1v) is 7.74. The molecular formula is C21H18F2. The van der Waals surface area contributed by atoms with E-state index in [-0.39, 0.29) is 0 Å². The van der Waals surface area contributed by atoms with Crippen molar-refractivity contribution in [2.45, 2.75) is 20.3 Å². The van der Waals surface area contributed by atoms with Gasteiger partial charge in [-0.3, -0.25) is 0 Å². The molecule has 0 saturated heterocycles. The Morgan fingerprint density at radius 1 is 0.652 bits per heavy atom. The highest BCUT2D eigenvalue weighted by Gasteiger charge is 2.13. The van der Waals surface area contributed by atoms with Gasteiger partial charge in [0.2, 0.25) is 0 Å². The third-order valence-electron chi connectivity index (χ3n) is 4.12. The molecule has 3 aromatic carbocycles. The van der Waals surface area contributed by atoms with Crippen LogP contribution >= 0.6 is 0 Å². The minimum Gasteiger partial charge on any atom is -0.203 e. The van der Waals surface area contributed by atoms with Gasteiger partial charge >= 0.3 is 0 Å². The van der Waals surface area contributed by atoms with Gasteiger partial charge in [0.05, 0.1) is 0 Å². The molecule has 3 rings (SSSR count).